The van der Waals surface area contributed by atoms with Crippen molar-refractivity contribution in [3.8, 4) is 5.75 Å². The second-order valence-electron chi connectivity index (χ2n) is 5.41. The third-order valence-corrected chi connectivity index (χ3v) is 3.84. The Morgan fingerprint density at radius 2 is 2.04 bits per heavy atom. The fourth-order valence-corrected chi connectivity index (χ4v) is 2.47. The van der Waals surface area contributed by atoms with E-state index >= 15 is 0 Å². The zero-order valence-corrected chi connectivity index (χ0v) is 13.4. The molecule has 0 fully saturated rings. The van der Waals surface area contributed by atoms with Crippen LogP contribution in [0.2, 0.25) is 0 Å². The van der Waals surface area contributed by atoms with E-state index in [1.165, 1.54) is 17.8 Å². The van der Waals surface area contributed by atoms with Gasteiger partial charge in [0.1, 0.15) is 0 Å². The highest BCUT2D eigenvalue weighted by molar-refractivity contribution is 5.20. The number of likely N-dealkylation sites (N-methyl/N-ethyl adjacent to an activating group) is 1. The highest BCUT2D eigenvalue weighted by atomic mass is 16.3. The fraction of sp³-hybridized carbons (Fsp3) is 0.412. The van der Waals surface area contributed by atoms with Crippen molar-refractivity contribution in [3.63, 3.8) is 0 Å². The third-order valence-electron chi connectivity index (χ3n) is 3.84. The Hall–Kier alpha value is -2.18. The van der Waals surface area contributed by atoms with Gasteiger partial charge in [0.05, 0.1) is 12.8 Å². The third kappa shape index (κ3) is 4.91. The molecule has 0 unspecified atom stereocenters. The summed E-state index contributed by atoms with van der Waals surface area (Å²) in [5, 5.41) is 18.7. The Kier molecular flexibility index (Phi) is 6.31. The summed E-state index contributed by atoms with van der Waals surface area (Å²) in [5.41, 5.74) is 1.62. The summed E-state index contributed by atoms with van der Waals surface area (Å²) < 4.78 is 1.73. The van der Waals surface area contributed by atoms with Crippen LogP contribution in [0.3, 0.4) is 0 Å². The summed E-state index contributed by atoms with van der Waals surface area (Å²) in [5.74, 6) is -0.290. The lowest BCUT2D eigenvalue weighted by Crippen LogP contribution is -2.28. The molecular formula is C17H23N3O3. The highest BCUT2D eigenvalue weighted by Gasteiger charge is 2.10. The molecular weight excluding hydrogens is 294 g/mol. The number of pyridine rings is 2. The van der Waals surface area contributed by atoms with Gasteiger partial charge in [-0.1, -0.05) is 6.92 Å². The molecule has 0 atom stereocenters. The number of hydrogen-bond acceptors (Lipinski definition) is 5. The van der Waals surface area contributed by atoms with E-state index < -0.39 is 0 Å². The molecule has 2 rings (SSSR count). The van der Waals surface area contributed by atoms with E-state index in [0.717, 1.165) is 25.2 Å². The first kappa shape index (κ1) is 17.2. The van der Waals surface area contributed by atoms with Crippen LogP contribution in [0.1, 0.15) is 18.2 Å². The van der Waals surface area contributed by atoms with Crippen molar-refractivity contribution >= 4 is 0 Å². The van der Waals surface area contributed by atoms with Gasteiger partial charge in [-0.25, -0.2) is 0 Å². The maximum Gasteiger partial charge on any atom is 0.223 e. The molecule has 2 aromatic heterocycles. The molecule has 2 heterocycles. The van der Waals surface area contributed by atoms with Crippen molar-refractivity contribution in [1.82, 2.24) is 14.5 Å². The van der Waals surface area contributed by atoms with Gasteiger partial charge in [-0.05, 0) is 30.7 Å². The maximum absolute atomic E-state index is 11.7. The zero-order valence-electron chi connectivity index (χ0n) is 13.4. The molecule has 23 heavy (non-hydrogen) atoms. The molecule has 6 heteroatoms. The van der Waals surface area contributed by atoms with Crippen LogP contribution in [0.15, 0.2) is 41.6 Å². The molecule has 0 aliphatic heterocycles. The van der Waals surface area contributed by atoms with Crippen molar-refractivity contribution in [2.75, 3.05) is 19.7 Å². The van der Waals surface area contributed by atoms with Crippen molar-refractivity contribution < 1.29 is 10.2 Å². The summed E-state index contributed by atoms with van der Waals surface area (Å²) in [7, 11) is 0. The number of hydrogen-bond donors (Lipinski definition) is 2. The van der Waals surface area contributed by atoms with Crippen LogP contribution in [-0.2, 0) is 19.5 Å². The molecule has 0 aromatic carbocycles. The first-order valence-corrected chi connectivity index (χ1v) is 7.78. The molecule has 0 aliphatic carbocycles. The van der Waals surface area contributed by atoms with Crippen molar-refractivity contribution in [2.24, 2.45) is 0 Å². The van der Waals surface area contributed by atoms with Crippen LogP contribution in [0.4, 0.5) is 0 Å². The Morgan fingerprint density at radius 3 is 2.70 bits per heavy atom. The molecule has 0 aliphatic rings. The summed E-state index contributed by atoms with van der Waals surface area (Å²) in [6, 6.07) is 5.44. The molecule has 0 saturated carbocycles. The van der Waals surface area contributed by atoms with E-state index in [4.69, 9.17) is 5.11 Å². The van der Waals surface area contributed by atoms with Gasteiger partial charge < -0.3 is 14.8 Å². The molecule has 0 amide bonds. The van der Waals surface area contributed by atoms with Crippen LogP contribution in [-0.4, -0.2) is 44.4 Å². The van der Waals surface area contributed by atoms with E-state index in [1.54, 1.807) is 17.0 Å². The van der Waals surface area contributed by atoms with Crippen molar-refractivity contribution in [2.45, 2.75) is 26.4 Å². The fourth-order valence-electron chi connectivity index (χ4n) is 2.47. The van der Waals surface area contributed by atoms with Crippen LogP contribution >= 0.6 is 0 Å². The van der Waals surface area contributed by atoms with E-state index in [-0.39, 0.29) is 17.8 Å². The first-order valence-electron chi connectivity index (χ1n) is 7.78. The summed E-state index contributed by atoms with van der Waals surface area (Å²) in [4.78, 5) is 17.9. The van der Waals surface area contributed by atoms with E-state index in [2.05, 4.69) is 16.8 Å². The average molecular weight is 317 g/mol. The lowest BCUT2D eigenvalue weighted by Gasteiger charge is -2.23. The smallest absolute Gasteiger partial charge is 0.223 e. The topological polar surface area (TPSA) is 78.6 Å². The number of aromatic hydroxyl groups is 1. The summed E-state index contributed by atoms with van der Waals surface area (Å²) in [6.45, 7) is 4.68. The minimum absolute atomic E-state index is 0.0432. The van der Waals surface area contributed by atoms with Gasteiger partial charge in [0.2, 0.25) is 5.43 Å². The summed E-state index contributed by atoms with van der Waals surface area (Å²) >= 11 is 0. The van der Waals surface area contributed by atoms with Crippen molar-refractivity contribution in [3.05, 3.63) is 58.3 Å². The van der Waals surface area contributed by atoms with Crippen LogP contribution in [0.25, 0.3) is 0 Å². The van der Waals surface area contributed by atoms with Gasteiger partial charge in [0.15, 0.2) is 5.75 Å². The number of aromatic nitrogens is 2. The van der Waals surface area contributed by atoms with E-state index in [1.807, 2.05) is 12.1 Å². The summed E-state index contributed by atoms with van der Waals surface area (Å²) in [6.07, 6.45) is 5.86. The van der Waals surface area contributed by atoms with E-state index in [9.17, 15) is 9.90 Å². The van der Waals surface area contributed by atoms with Crippen LogP contribution in [0.5, 0.6) is 5.75 Å². The quantitative estimate of drug-likeness (QED) is 0.759. The zero-order chi connectivity index (χ0) is 16.7. The average Bonchev–Trinajstić information content (AvgIpc) is 2.57. The Labute approximate surface area is 135 Å². The Balaban J connectivity index is 2.08. The minimum Gasteiger partial charge on any atom is -0.503 e. The van der Waals surface area contributed by atoms with Gasteiger partial charge in [-0.2, -0.15) is 0 Å². The largest absolute Gasteiger partial charge is 0.503 e. The molecule has 0 spiro atoms. The molecule has 124 valence electrons. The van der Waals surface area contributed by atoms with E-state index in [0.29, 0.717) is 13.1 Å². The molecule has 2 aromatic rings. The number of rotatable bonds is 8. The highest BCUT2D eigenvalue weighted by Crippen LogP contribution is 2.09. The molecule has 0 saturated heterocycles. The molecule has 6 nitrogen and oxygen atoms in total. The Bertz CT molecular complexity index is 671. The number of nitrogens with zero attached hydrogens (tertiary/aromatic N) is 3. The predicted molar refractivity (Wildman–Crippen MR) is 88.3 cm³/mol. The van der Waals surface area contributed by atoms with Crippen LogP contribution in [0, 0.1) is 0 Å². The van der Waals surface area contributed by atoms with Gasteiger partial charge >= 0.3 is 0 Å². The monoisotopic (exact) mass is 317 g/mol. The molecule has 2 N–H and O–H groups in total. The SMILES string of the molecule is CCN(CCc1ccncc1)Cc1cc(=O)c(O)cn1CCO. The second-order valence-corrected chi connectivity index (χ2v) is 5.41. The van der Waals surface area contributed by atoms with Gasteiger partial charge in [0, 0.05) is 43.8 Å². The van der Waals surface area contributed by atoms with Gasteiger partial charge in [-0.15, -0.1) is 0 Å². The van der Waals surface area contributed by atoms with Gasteiger partial charge in [0.25, 0.3) is 0 Å². The van der Waals surface area contributed by atoms with Crippen LogP contribution < -0.4 is 5.43 Å². The number of aliphatic hydroxyl groups excluding tert-OH is 1. The first-order chi connectivity index (χ1) is 11.1. The normalized spacial score (nSPS) is 11.1. The molecule has 0 radical (unpaired) electrons. The predicted octanol–water partition coefficient (Wildman–Crippen LogP) is 1.01. The Morgan fingerprint density at radius 1 is 1.30 bits per heavy atom. The lowest BCUT2D eigenvalue weighted by molar-refractivity contribution is 0.254. The second kappa shape index (κ2) is 8.45. The maximum atomic E-state index is 11.7. The van der Waals surface area contributed by atoms with Crippen molar-refractivity contribution in [1.29, 1.82) is 0 Å². The van der Waals surface area contributed by atoms with Gasteiger partial charge in [-0.3, -0.25) is 14.7 Å². The minimum atomic E-state index is -0.389. The molecule has 0 bridgehead atoms. The lowest BCUT2D eigenvalue weighted by atomic mass is 10.2. The standard InChI is InChI=1S/C17H23N3O3/c1-2-19(8-5-14-3-6-18-7-4-14)12-15-11-16(22)17(23)13-20(15)9-10-21/h3-4,6-7,11,13,21,23H,2,5,8-10,12H2,1H3. The number of aliphatic hydroxyl groups is 1.